The third-order valence-electron chi connectivity index (χ3n) is 3.71. The summed E-state index contributed by atoms with van der Waals surface area (Å²) in [6, 6.07) is 5.61. The summed E-state index contributed by atoms with van der Waals surface area (Å²) in [5.41, 5.74) is 7.63. The van der Waals surface area contributed by atoms with Gasteiger partial charge in [-0.25, -0.2) is 9.78 Å². The molecule has 3 rings (SSSR count). The number of nitrogens with zero attached hydrogens (tertiary/aromatic N) is 2. The molecular weight excluding hydrogens is 370 g/mol. The molecule has 0 bridgehead atoms. The number of esters is 1. The zero-order valence-corrected chi connectivity index (χ0v) is 16.0. The monoisotopic (exact) mass is 389 g/mol. The van der Waals surface area contributed by atoms with Crippen molar-refractivity contribution >= 4 is 23.2 Å². The van der Waals surface area contributed by atoms with Crippen LogP contribution in [0.1, 0.15) is 28.7 Å². The Morgan fingerprint density at radius 1 is 1.33 bits per heavy atom. The molecule has 0 aliphatic rings. The molecule has 1 aromatic carbocycles. The highest BCUT2D eigenvalue weighted by Crippen LogP contribution is 2.34. The Hall–Kier alpha value is -3.07. The molecule has 2 aromatic heterocycles. The fourth-order valence-electron chi connectivity index (χ4n) is 2.43. The lowest BCUT2D eigenvalue weighted by Gasteiger charge is -2.09. The van der Waals surface area contributed by atoms with E-state index in [4.69, 9.17) is 24.5 Å². The van der Waals surface area contributed by atoms with Crippen LogP contribution in [0.5, 0.6) is 11.5 Å². The molecule has 0 aliphatic carbocycles. The Labute approximate surface area is 159 Å². The third-order valence-corrected chi connectivity index (χ3v) is 4.65. The van der Waals surface area contributed by atoms with Gasteiger partial charge in [-0.05, 0) is 32.0 Å². The van der Waals surface area contributed by atoms with Gasteiger partial charge in [-0.1, -0.05) is 5.16 Å². The number of hydrogen-bond donors (Lipinski definition) is 1. The molecule has 0 amide bonds. The maximum absolute atomic E-state index is 12.1. The summed E-state index contributed by atoms with van der Waals surface area (Å²) in [5.74, 6) is 0.661. The van der Waals surface area contributed by atoms with Crippen molar-refractivity contribution < 1.29 is 23.5 Å². The molecule has 9 heteroatoms. The Morgan fingerprint density at radius 2 is 2.15 bits per heavy atom. The van der Waals surface area contributed by atoms with Crippen molar-refractivity contribution in [1.82, 2.24) is 10.1 Å². The lowest BCUT2D eigenvalue weighted by Crippen LogP contribution is -2.08. The summed E-state index contributed by atoms with van der Waals surface area (Å²) in [5, 5.41) is 6.25. The zero-order chi connectivity index (χ0) is 19.4. The van der Waals surface area contributed by atoms with Gasteiger partial charge in [0.1, 0.15) is 17.2 Å². The minimum Gasteiger partial charge on any atom is -0.493 e. The highest BCUT2D eigenvalue weighted by molar-refractivity contribution is 7.13. The van der Waals surface area contributed by atoms with Gasteiger partial charge in [0, 0.05) is 10.9 Å². The molecule has 0 aliphatic heterocycles. The van der Waals surface area contributed by atoms with E-state index in [1.165, 1.54) is 11.3 Å². The summed E-state index contributed by atoms with van der Waals surface area (Å²) in [7, 11) is 1.59. The van der Waals surface area contributed by atoms with Crippen molar-refractivity contribution in [3.63, 3.8) is 0 Å². The van der Waals surface area contributed by atoms with Crippen molar-refractivity contribution in [1.29, 1.82) is 0 Å². The average Bonchev–Trinajstić information content (AvgIpc) is 3.27. The number of aromatic nitrogens is 2. The molecule has 0 saturated heterocycles. The number of rotatable bonds is 7. The normalized spacial score (nSPS) is 10.6. The maximum Gasteiger partial charge on any atom is 0.346 e. The van der Waals surface area contributed by atoms with Gasteiger partial charge in [0.15, 0.2) is 11.5 Å². The fraction of sp³-hybridized carbons (Fsp3) is 0.278. The molecule has 0 fully saturated rings. The van der Waals surface area contributed by atoms with E-state index in [2.05, 4.69) is 10.1 Å². The van der Waals surface area contributed by atoms with Crippen molar-refractivity contribution in [2.45, 2.75) is 20.5 Å². The lowest BCUT2D eigenvalue weighted by atomic mass is 10.2. The van der Waals surface area contributed by atoms with Gasteiger partial charge < -0.3 is 24.5 Å². The molecule has 142 valence electrons. The Bertz CT molecular complexity index is 931. The molecule has 2 N–H and O–H groups in total. The highest BCUT2D eigenvalue weighted by atomic mass is 32.1. The van der Waals surface area contributed by atoms with Gasteiger partial charge in [0.2, 0.25) is 5.88 Å². The van der Waals surface area contributed by atoms with Crippen molar-refractivity contribution in [3.8, 4) is 22.1 Å². The number of thiazole rings is 1. The van der Waals surface area contributed by atoms with E-state index in [9.17, 15) is 4.79 Å². The Morgan fingerprint density at radius 3 is 2.81 bits per heavy atom. The number of benzene rings is 1. The van der Waals surface area contributed by atoms with Gasteiger partial charge in [0.25, 0.3) is 0 Å². The second-order valence-corrected chi connectivity index (χ2v) is 6.38. The van der Waals surface area contributed by atoms with Gasteiger partial charge in [0.05, 0.1) is 25.1 Å². The van der Waals surface area contributed by atoms with Crippen LogP contribution in [0, 0.1) is 6.92 Å². The number of nitrogens with two attached hydrogens (primary N) is 1. The number of ether oxygens (including phenoxy) is 3. The second-order valence-electron chi connectivity index (χ2n) is 5.53. The van der Waals surface area contributed by atoms with E-state index in [0.717, 1.165) is 10.6 Å². The van der Waals surface area contributed by atoms with Crippen LogP contribution >= 0.6 is 11.3 Å². The predicted octanol–water partition coefficient (Wildman–Crippen LogP) is 3.45. The first-order valence-electron chi connectivity index (χ1n) is 8.18. The van der Waals surface area contributed by atoms with Crippen LogP contribution in [0.4, 0.5) is 5.88 Å². The summed E-state index contributed by atoms with van der Waals surface area (Å²) in [6.45, 7) is 4.11. The first-order valence-corrected chi connectivity index (χ1v) is 9.06. The predicted molar refractivity (Wildman–Crippen MR) is 100 cm³/mol. The van der Waals surface area contributed by atoms with Crippen molar-refractivity contribution in [3.05, 3.63) is 40.5 Å². The second kappa shape index (κ2) is 8.09. The molecule has 0 spiro atoms. The molecule has 27 heavy (non-hydrogen) atoms. The molecular formula is C18H19N3O5S. The molecule has 0 radical (unpaired) electrons. The van der Waals surface area contributed by atoms with Gasteiger partial charge >= 0.3 is 5.97 Å². The SMILES string of the molecule is CCOc1ccc(-c2nc(COC(=O)c3c(C)noc3N)cs2)cc1OC. The lowest BCUT2D eigenvalue weighted by molar-refractivity contribution is 0.0468. The van der Waals surface area contributed by atoms with Crippen LogP contribution in [0.3, 0.4) is 0 Å². The number of aryl methyl sites for hydroxylation is 1. The minimum atomic E-state index is -0.594. The van der Waals surface area contributed by atoms with E-state index in [1.807, 2.05) is 30.5 Å². The van der Waals surface area contributed by atoms with Crippen LogP contribution < -0.4 is 15.2 Å². The number of methoxy groups -OCH3 is 1. The summed E-state index contributed by atoms with van der Waals surface area (Å²) in [4.78, 5) is 16.6. The number of nitrogen functional groups attached to an aromatic ring is 1. The van der Waals surface area contributed by atoms with Gasteiger partial charge in [-0.3, -0.25) is 0 Å². The van der Waals surface area contributed by atoms with Crippen LogP contribution in [0.25, 0.3) is 10.6 Å². The van der Waals surface area contributed by atoms with Crippen molar-refractivity contribution in [2.24, 2.45) is 0 Å². The van der Waals surface area contributed by atoms with Crippen LogP contribution in [-0.2, 0) is 11.3 Å². The smallest absolute Gasteiger partial charge is 0.346 e. The zero-order valence-electron chi connectivity index (χ0n) is 15.1. The minimum absolute atomic E-state index is 0.0214. The molecule has 0 saturated carbocycles. The summed E-state index contributed by atoms with van der Waals surface area (Å²) < 4.78 is 20.9. The Balaban J connectivity index is 1.71. The van der Waals surface area contributed by atoms with Crippen LogP contribution in [0.15, 0.2) is 28.1 Å². The topological polar surface area (TPSA) is 110 Å². The third kappa shape index (κ3) is 4.03. The number of carbonyl (C=O) groups is 1. The first kappa shape index (κ1) is 18.7. The summed E-state index contributed by atoms with van der Waals surface area (Å²) in [6.07, 6.45) is 0. The van der Waals surface area contributed by atoms with Gasteiger partial charge in [-0.15, -0.1) is 11.3 Å². The molecule has 8 nitrogen and oxygen atoms in total. The number of anilines is 1. The van der Waals surface area contributed by atoms with E-state index < -0.39 is 5.97 Å². The molecule has 0 unspecified atom stereocenters. The molecule has 3 aromatic rings. The number of carbonyl (C=O) groups excluding carboxylic acids is 1. The van der Waals surface area contributed by atoms with E-state index in [-0.39, 0.29) is 18.1 Å². The molecule has 2 heterocycles. The quantitative estimate of drug-likeness (QED) is 0.612. The number of hydrogen-bond acceptors (Lipinski definition) is 9. The highest BCUT2D eigenvalue weighted by Gasteiger charge is 2.20. The van der Waals surface area contributed by atoms with E-state index >= 15 is 0 Å². The Kier molecular flexibility index (Phi) is 5.60. The first-order chi connectivity index (χ1) is 13.0. The maximum atomic E-state index is 12.1. The average molecular weight is 389 g/mol. The van der Waals surface area contributed by atoms with Crippen LogP contribution in [-0.4, -0.2) is 29.8 Å². The standard InChI is InChI=1S/C18H19N3O5S/c1-4-24-13-6-5-11(7-14(13)23-3)17-20-12(9-27-17)8-25-18(22)15-10(2)21-26-16(15)19/h5-7,9H,4,8,19H2,1-3H3. The largest absolute Gasteiger partial charge is 0.493 e. The molecule has 0 atom stereocenters. The van der Waals surface area contributed by atoms with E-state index in [1.54, 1.807) is 14.0 Å². The fourth-order valence-corrected chi connectivity index (χ4v) is 3.23. The van der Waals surface area contributed by atoms with Crippen molar-refractivity contribution in [2.75, 3.05) is 19.5 Å². The van der Waals surface area contributed by atoms with Crippen LogP contribution in [0.2, 0.25) is 0 Å². The van der Waals surface area contributed by atoms with Gasteiger partial charge in [-0.2, -0.15) is 0 Å². The summed E-state index contributed by atoms with van der Waals surface area (Å²) >= 11 is 1.44. The van der Waals surface area contributed by atoms with E-state index in [0.29, 0.717) is 29.5 Å².